The molecule has 1 aromatic carbocycles. The van der Waals surface area contributed by atoms with Gasteiger partial charge in [0, 0.05) is 37.4 Å². The van der Waals surface area contributed by atoms with Crippen LogP contribution >= 0.6 is 0 Å². The largest absolute Gasteiger partial charge is 0.497 e. The molecule has 234 valence electrons. The average molecular weight is 615 g/mol. The van der Waals surface area contributed by atoms with E-state index in [4.69, 9.17) is 14.0 Å². The smallest absolute Gasteiger partial charge is 0.423 e. The molecule has 1 aliphatic heterocycles. The molecule has 3 aromatic heterocycles. The number of halogens is 3. The minimum atomic E-state index is -4.89. The summed E-state index contributed by atoms with van der Waals surface area (Å²) >= 11 is 0. The molecular weight excluding hydrogens is 581 g/mol. The molecule has 44 heavy (non-hydrogen) atoms. The molecule has 1 atom stereocenters. The zero-order valence-corrected chi connectivity index (χ0v) is 24.5. The topological polar surface area (TPSA) is 133 Å². The summed E-state index contributed by atoms with van der Waals surface area (Å²) in [5.74, 6) is 2.28. The molecule has 0 aliphatic carbocycles. The van der Waals surface area contributed by atoms with Gasteiger partial charge in [0.2, 0.25) is 5.95 Å². The average Bonchev–Trinajstić information content (AvgIpc) is 3.48. The first-order chi connectivity index (χ1) is 21.1. The van der Waals surface area contributed by atoms with E-state index < -0.39 is 29.0 Å². The van der Waals surface area contributed by atoms with Crippen LogP contribution in [0, 0.1) is 6.92 Å². The Bertz CT molecular complexity index is 1580. The van der Waals surface area contributed by atoms with Gasteiger partial charge < -0.3 is 24.2 Å². The van der Waals surface area contributed by atoms with Crippen LogP contribution < -0.4 is 20.5 Å². The van der Waals surface area contributed by atoms with Crippen molar-refractivity contribution in [2.45, 2.75) is 58.0 Å². The summed E-state index contributed by atoms with van der Waals surface area (Å²) in [7, 11) is 1.50. The van der Waals surface area contributed by atoms with Crippen molar-refractivity contribution < 1.29 is 27.2 Å². The first-order valence-electron chi connectivity index (χ1n) is 14.1. The summed E-state index contributed by atoms with van der Waals surface area (Å²) in [4.78, 5) is 28.2. The van der Waals surface area contributed by atoms with Gasteiger partial charge in [0.25, 0.3) is 11.4 Å². The highest BCUT2D eigenvalue weighted by atomic mass is 19.4. The Morgan fingerprint density at radius 2 is 1.82 bits per heavy atom. The fourth-order valence-electron chi connectivity index (χ4n) is 4.90. The van der Waals surface area contributed by atoms with Gasteiger partial charge in [-0.05, 0) is 49.9 Å². The van der Waals surface area contributed by atoms with Crippen molar-refractivity contribution >= 4 is 11.6 Å². The molecule has 0 bridgehead atoms. The van der Waals surface area contributed by atoms with Gasteiger partial charge in [-0.2, -0.15) is 23.3 Å². The summed E-state index contributed by atoms with van der Waals surface area (Å²) in [5.41, 5.74) is -1.39. The second-order valence-electron chi connectivity index (χ2n) is 10.7. The van der Waals surface area contributed by atoms with Gasteiger partial charge in [0.1, 0.15) is 17.9 Å². The second-order valence-corrected chi connectivity index (χ2v) is 10.7. The number of nitrogens with one attached hydrogen (secondary N) is 1. The molecule has 5 rings (SSSR count). The third-order valence-corrected chi connectivity index (χ3v) is 7.21. The van der Waals surface area contributed by atoms with Crippen molar-refractivity contribution in [1.29, 1.82) is 0 Å². The Morgan fingerprint density at radius 3 is 2.48 bits per heavy atom. The summed E-state index contributed by atoms with van der Waals surface area (Å²) in [6, 6.07) is 6.03. The van der Waals surface area contributed by atoms with Crippen molar-refractivity contribution in [3.63, 3.8) is 0 Å². The van der Waals surface area contributed by atoms with Crippen LogP contribution in [0.4, 0.5) is 24.8 Å². The number of alkyl halides is 3. The van der Waals surface area contributed by atoms with Gasteiger partial charge in [0.05, 0.1) is 32.1 Å². The van der Waals surface area contributed by atoms with E-state index in [2.05, 4.69) is 35.4 Å². The van der Waals surface area contributed by atoms with E-state index in [9.17, 15) is 18.0 Å². The highest BCUT2D eigenvalue weighted by molar-refractivity contribution is 5.50. The van der Waals surface area contributed by atoms with Crippen molar-refractivity contribution in [2.75, 3.05) is 37.0 Å². The van der Waals surface area contributed by atoms with E-state index in [1.807, 2.05) is 6.92 Å². The molecule has 1 saturated heterocycles. The highest BCUT2D eigenvalue weighted by Gasteiger charge is 2.38. The molecule has 4 heterocycles. The molecule has 0 spiro atoms. The van der Waals surface area contributed by atoms with Crippen LogP contribution in [-0.2, 0) is 24.1 Å². The van der Waals surface area contributed by atoms with Crippen LogP contribution in [0.3, 0.4) is 0 Å². The molecule has 15 heteroatoms. The SMILES string of the molecule is COc1ccc(Cn2ncc(NC(C)COCc3nc(C4CCN(c5ncc(C)cn5)CC4)no3)c(C(F)(F)F)c2=O)cc1. The molecule has 4 aromatic rings. The van der Waals surface area contributed by atoms with Crippen molar-refractivity contribution in [3.8, 4) is 5.75 Å². The zero-order chi connectivity index (χ0) is 31.3. The monoisotopic (exact) mass is 614 g/mol. The Morgan fingerprint density at radius 1 is 1.11 bits per heavy atom. The number of ether oxygens (including phenoxy) is 2. The minimum absolute atomic E-state index is 0.0110. The van der Waals surface area contributed by atoms with Crippen LogP contribution in [0.2, 0.25) is 0 Å². The van der Waals surface area contributed by atoms with E-state index >= 15 is 0 Å². The zero-order valence-electron chi connectivity index (χ0n) is 24.5. The number of nitrogens with zero attached hydrogens (tertiary/aromatic N) is 7. The first kappa shape index (κ1) is 30.9. The Hall–Kier alpha value is -4.53. The van der Waals surface area contributed by atoms with E-state index in [-0.39, 0.29) is 31.6 Å². The Balaban J connectivity index is 1.14. The lowest BCUT2D eigenvalue weighted by Gasteiger charge is -2.30. The van der Waals surface area contributed by atoms with Gasteiger partial charge in [-0.15, -0.1) is 0 Å². The number of aromatic nitrogens is 6. The lowest BCUT2D eigenvalue weighted by molar-refractivity contribution is -0.138. The number of rotatable bonds is 11. The second kappa shape index (κ2) is 13.4. The number of hydrogen-bond donors (Lipinski definition) is 1. The molecule has 0 radical (unpaired) electrons. The van der Waals surface area contributed by atoms with Crippen LogP contribution in [0.15, 0.2) is 52.2 Å². The molecule has 1 unspecified atom stereocenters. The molecule has 1 N–H and O–H groups in total. The minimum Gasteiger partial charge on any atom is -0.497 e. The molecule has 0 saturated carbocycles. The van der Waals surface area contributed by atoms with Gasteiger partial charge in [-0.1, -0.05) is 17.3 Å². The third kappa shape index (κ3) is 7.51. The van der Waals surface area contributed by atoms with E-state index in [0.717, 1.165) is 42.4 Å². The van der Waals surface area contributed by atoms with Crippen molar-refractivity contribution in [3.05, 3.63) is 81.6 Å². The summed E-state index contributed by atoms with van der Waals surface area (Å²) in [6.45, 7) is 4.97. The molecule has 12 nitrogen and oxygen atoms in total. The van der Waals surface area contributed by atoms with Crippen LogP contribution in [0.5, 0.6) is 5.75 Å². The number of hydrogen-bond acceptors (Lipinski definition) is 11. The maximum atomic E-state index is 14.0. The standard InChI is InChI=1S/C29H33F3N8O4/c1-18-12-33-28(34-13-18)39-10-8-21(9-11-39)26-37-24(44-38-26)17-43-16-19(2)36-23-14-35-40(27(41)25(23)29(30,31)32)15-20-4-6-22(42-3)7-5-20/h4-7,12-14,19,21,36H,8-11,15-17H2,1-3H3. The van der Waals surface area contributed by atoms with Crippen molar-refractivity contribution in [1.82, 2.24) is 29.9 Å². The lowest BCUT2D eigenvalue weighted by atomic mass is 9.96. The predicted octanol–water partition coefficient (Wildman–Crippen LogP) is 4.20. The summed E-state index contributed by atoms with van der Waals surface area (Å²) in [6.07, 6.45) is 1.32. The van der Waals surface area contributed by atoms with E-state index in [1.165, 1.54) is 7.11 Å². The molecular formula is C29H33F3N8O4. The lowest BCUT2D eigenvalue weighted by Crippen LogP contribution is -2.34. The molecule has 0 amide bonds. The number of aryl methyl sites for hydroxylation is 1. The molecule has 1 aliphatic rings. The van der Waals surface area contributed by atoms with E-state index in [1.54, 1.807) is 43.6 Å². The maximum Gasteiger partial charge on any atom is 0.423 e. The normalized spacial score (nSPS) is 14.9. The van der Waals surface area contributed by atoms with Gasteiger partial charge in [-0.25, -0.2) is 14.6 Å². The van der Waals surface area contributed by atoms with E-state index in [0.29, 0.717) is 23.1 Å². The maximum absolute atomic E-state index is 14.0. The van der Waals surface area contributed by atoms with Crippen LogP contribution in [0.25, 0.3) is 0 Å². The van der Waals surface area contributed by atoms with Crippen molar-refractivity contribution in [2.24, 2.45) is 0 Å². The number of anilines is 2. The predicted molar refractivity (Wildman–Crippen MR) is 154 cm³/mol. The quantitative estimate of drug-likeness (QED) is 0.261. The number of methoxy groups -OCH3 is 1. The summed E-state index contributed by atoms with van der Waals surface area (Å²) < 4.78 is 58.7. The van der Waals surface area contributed by atoms with Gasteiger partial charge in [0.15, 0.2) is 5.82 Å². The Labute approximate surface area is 251 Å². The molecule has 1 fully saturated rings. The van der Waals surface area contributed by atoms with Crippen LogP contribution in [0.1, 0.15) is 54.1 Å². The van der Waals surface area contributed by atoms with Crippen LogP contribution in [-0.4, -0.2) is 62.7 Å². The number of piperidine rings is 1. The first-order valence-corrected chi connectivity index (χ1v) is 14.1. The number of benzene rings is 1. The van der Waals surface area contributed by atoms with Gasteiger partial charge in [-0.3, -0.25) is 4.79 Å². The fraction of sp³-hybridized carbons (Fsp3) is 0.448. The summed E-state index contributed by atoms with van der Waals surface area (Å²) in [5, 5.41) is 10.8. The highest BCUT2D eigenvalue weighted by Crippen LogP contribution is 2.32. The fourth-order valence-corrected chi connectivity index (χ4v) is 4.90. The van der Waals surface area contributed by atoms with Gasteiger partial charge >= 0.3 is 6.18 Å². The third-order valence-electron chi connectivity index (χ3n) is 7.21. The Kier molecular flexibility index (Phi) is 9.42.